The first-order valence-electron chi connectivity index (χ1n) is 10.9. The number of aromatic nitrogens is 2. The summed E-state index contributed by atoms with van der Waals surface area (Å²) in [6.07, 6.45) is 7.22. The van der Waals surface area contributed by atoms with Crippen LogP contribution in [0, 0.1) is 0 Å². The molecule has 0 aliphatic carbocycles. The van der Waals surface area contributed by atoms with Gasteiger partial charge in [0.25, 0.3) is 5.82 Å². The maximum absolute atomic E-state index is 5.63. The fourth-order valence-corrected chi connectivity index (χ4v) is 4.16. The second-order valence-corrected chi connectivity index (χ2v) is 7.75. The molecule has 0 spiro atoms. The van der Waals surface area contributed by atoms with E-state index in [1.807, 2.05) is 6.92 Å². The fourth-order valence-electron chi connectivity index (χ4n) is 4.16. The number of fused-ring (bicyclic) bond motifs is 1. The van der Waals surface area contributed by atoms with Crippen molar-refractivity contribution in [3.63, 3.8) is 0 Å². The van der Waals surface area contributed by atoms with Gasteiger partial charge < -0.3 is 9.64 Å². The van der Waals surface area contributed by atoms with Gasteiger partial charge in [-0.3, -0.25) is 0 Å². The lowest BCUT2D eigenvalue weighted by molar-refractivity contribution is -0.692. The van der Waals surface area contributed by atoms with Gasteiger partial charge in [-0.05, 0) is 81.6 Å². The first kappa shape index (κ1) is 19.6. The van der Waals surface area contributed by atoms with Crippen molar-refractivity contribution < 1.29 is 9.30 Å². The van der Waals surface area contributed by atoms with E-state index in [9.17, 15) is 0 Å². The predicted octanol–water partition coefficient (Wildman–Crippen LogP) is 5.01. The zero-order chi connectivity index (χ0) is 20.2. The number of anilines is 1. The van der Waals surface area contributed by atoms with E-state index in [0.717, 1.165) is 25.3 Å². The second-order valence-electron chi connectivity index (χ2n) is 7.75. The lowest BCUT2D eigenvalue weighted by Gasteiger charge is -2.16. The smallest absolute Gasteiger partial charge is 0.262 e. The zero-order valence-corrected chi connectivity index (χ0v) is 17.9. The van der Waals surface area contributed by atoms with Crippen LogP contribution in [0.25, 0.3) is 16.9 Å². The Morgan fingerprint density at radius 3 is 2.41 bits per heavy atom. The molecule has 4 heteroatoms. The van der Waals surface area contributed by atoms with Gasteiger partial charge in [-0.2, -0.15) is 4.57 Å². The topological polar surface area (TPSA) is 21.3 Å². The highest BCUT2D eigenvalue weighted by atomic mass is 16.5. The lowest BCUT2D eigenvalue weighted by atomic mass is 10.1. The highest BCUT2D eigenvalue weighted by Crippen LogP contribution is 2.26. The minimum atomic E-state index is 0.696. The van der Waals surface area contributed by atoms with Crippen molar-refractivity contribution in [3.8, 4) is 22.7 Å². The van der Waals surface area contributed by atoms with Crippen LogP contribution in [-0.4, -0.2) is 24.8 Å². The quantitative estimate of drug-likeness (QED) is 0.552. The molecule has 0 amide bonds. The first-order valence-corrected chi connectivity index (χ1v) is 10.9. The van der Waals surface area contributed by atoms with E-state index in [2.05, 4.69) is 82.7 Å². The Morgan fingerprint density at radius 2 is 1.72 bits per heavy atom. The first-order chi connectivity index (χ1) is 14.2. The third kappa shape index (κ3) is 4.02. The second kappa shape index (κ2) is 8.73. The third-order valence-electron chi connectivity index (χ3n) is 5.92. The van der Waals surface area contributed by atoms with E-state index < -0.39 is 0 Å². The number of imidazole rings is 1. The third-order valence-corrected chi connectivity index (χ3v) is 5.92. The van der Waals surface area contributed by atoms with E-state index in [4.69, 9.17) is 4.74 Å². The summed E-state index contributed by atoms with van der Waals surface area (Å²) in [5.74, 6) is 2.33. The Morgan fingerprint density at radius 1 is 0.966 bits per heavy atom. The van der Waals surface area contributed by atoms with Crippen LogP contribution in [0.2, 0.25) is 0 Å². The average molecular weight is 391 g/mol. The van der Waals surface area contributed by atoms with Crippen LogP contribution >= 0.6 is 0 Å². The number of hydrogen-bond acceptors (Lipinski definition) is 2. The molecule has 3 aromatic rings. The van der Waals surface area contributed by atoms with Gasteiger partial charge in [0, 0.05) is 31.3 Å². The molecule has 0 radical (unpaired) electrons. The van der Waals surface area contributed by atoms with Gasteiger partial charge in [0.15, 0.2) is 5.69 Å². The maximum Gasteiger partial charge on any atom is 0.262 e. The molecule has 1 aliphatic heterocycles. The molecule has 4 nitrogen and oxygen atoms in total. The van der Waals surface area contributed by atoms with Crippen molar-refractivity contribution >= 4 is 5.69 Å². The molecule has 0 saturated heterocycles. The Labute approximate surface area is 174 Å². The van der Waals surface area contributed by atoms with E-state index in [-0.39, 0.29) is 0 Å². The lowest BCUT2D eigenvalue weighted by Crippen LogP contribution is -2.38. The number of ether oxygens (including phenoxy) is 1. The normalized spacial score (nSPS) is 13.6. The van der Waals surface area contributed by atoms with Crippen LogP contribution in [0.3, 0.4) is 0 Å². The Balaban J connectivity index is 1.75. The molecule has 2 heterocycles. The van der Waals surface area contributed by atoms with Gasteiger partial charge in [0.05, 0.1) is 13.2 Å². The van der Waals surface area contributed by atoms with E-state index in [0.29, 0.717) is 6.61 Å². The molecule has 0 fully saturated rings. The summed E-state index contributed by atoms with van der Waals surface area (Å²) >= 11 is 0. The van der Waals surface area contributed by atoms with Crippen LogP contribution in [0.4, 0.5) is 5.69 Å². The molecule has 0 atom stereocenters. The molecule has 152 valence electrons. The van der Waals surface area contributed by atoms with Gasteiger partial charge in [-0.15, -0.1) is 0 Å². The van der Waals surface area contributed by atoms with E-state index in [1.165, 1.54) is 47.7 Å². The van der Waals surface area contributed by atoms with Crippen molar-refractivity contribution in [1.29, 1.82) is 0 Å². The SMILES string of the molecule is CCOc1ccc(-n2cc(-c3ccc(N(C)CC)cc3)[n+]3c2CCCCC3)cc1. The summed E-state index contributed by atoms with van der Waals surface area (Å²) in [6, 6.07) is 17.5. The number of benzene rings is 2. The van der Waals surface area contributed by atoms with Crippen molar-refractivity contribution in [2.24, 2.45) is 0 Å². The molecule has 1 aromatic heterocycles. The monoisotopic (exact) mass is 390 g/mol. The van der Waals surface area contributed by atoms with Crippen LogP contribution in [0.15, 0.2) is 54.7 Å². The van der Waals surface area contributed by atoms with Gasteiger partial charge in [0.2, 0.25) is 0 Å². The molecule has 29 heavy (non-hydrogen) atoms. The summed E-state index contributed by atoms with van der Waals surface area (Å²) in [5.41, 5.74) is 5.05. The molecule has 0 bridgehead atoms. The van der Waals surface area contributed by atoms with Gasteiger partial charge in [-0.25, -0.2) is 4.57 Å². The predicted molar refractivity (Wildman–Crippen MR) is 119 cm³/mol. The molecular weight excluding hydrogens is 358 g/mol. The molecule has 0 saturated carbocycles. The molecule has 4 rings (SSSR count). The maximum atomic E-state index is 5.63. The summed E-state index contributed by atoms with van der Waals surface area (Å²) in [7, 11) is 2.14. The Bertz CT molecular complexity index is 941. The average Bonchev–Trinajstić information content (AvgIpc) is 2.95. The molecule has 1 aliphatic rings. The van der Waals surface area contributed by atoms with Crippen molar-refractivity contribution in [2.75, 3.05) is 25.1 Å². The zero-order valence-electron chi connectivity index (χ0n) is 17.9. The van der Waals surface area contributed by atoms with E-state index >= 15 is 0 Å². The molecular formula is C25H32N3O+. The van der Waals surface area contributed by atoms with Gasteiger partial charge >= 0.3 is 0 Å². The van der Waals surface area contributed by atoms with E-state index in [1.54, 1.807) is 0 Å². The Kier molecular flexibility index (Phi) is 5.89. The molecule has 0 unspecified atom stereocenters. The van der Waals surface area contributed by atoms with Crippen LogP contribution < -0.4 is 14.2 Å². The molecule has 2 aromatic carbocycles. The van der Waals surface area contributed by atoms with Crippen LogP contribution in [0.1, 0.15) is 38.9 Å². The van der Waals surface area contributed by atoms with Crippen LogP contribution in [-0.2, 0) is 13.0 Å². The minimum absolute atomic E-state index is 0.696. The largest absolute Gasteiger partial charge is 0.494 e. The van der Waals surface area contributed by atoms with Gasteiger partial charge in [-0.1, -0.05) is 0 Å². The van der Waals surface area contributed by atoms with Crippen molar-refractivity contribution in [2.45, 2.75) is 46.1 Å². The summed E-state index contributed by atoms with van der Waals surface area (Å²) in [6.45, 7) is 7.00. The number of hydrogen-bond donors (Lipinski definition) is 0. The summed E-state index contributed by atoms with van der Waals surface area (Å²) in [5, 5.41) is 0. The molecule has 0 N–H and O–H groups in total. The minimum Gasteiger partial charge on any atom is -0.494 e. The Hall–Kier alpha value is -2.75. The highest BCUT2D eigenvalue weighted by Gasteiger charge is 2.26. The fraction of sp³-hybridized carbons (Fsp3) is 0.400. The standard InChI is InChI=1S/C25H32N3O/c1-4-26(3)21-12-10-20(11-13-21)24-19-28(25-9-7-6-8-18-27(24)25)22-14-16-23(17-15-22)29-5-2/h10-17,19H,4-9,18H2,1-3H3/q+1. The van der Waals surface area contributed by atoms with Gasteiger partial charge in [0.1, 0.15) is 17.6 Å². The van der Waals surface area contributed by atoms with Crippen LogP contribution in [0.5, 0.6) is 5.75 Å². The highest BCUT2D eigenvalue weighted by molar-refractivity contribution is 5.61. The van der Waals surface area contributed by atoms with Crippen molar-refractivity contribution in [1.82, 2.24) is 4.57 Å². The summed E-state index contributed by atoms with van der Waals surface area (Å²) < 4.78 is 10.5. The number of nitrogens with zero attached hydrogens (tertiary/aromatic N) is 3. The van der Waals surface area contributed by atoms with Crippen molar-refractivity contribution in [3.05, 3.63) is 60.6 Å². The summed E-state index contributed by atoms with van der Waals surface area (Å²) in [4.78, 5) is 2.27. The number of rotatable bonds is 6.